The molecule has 10 heteroatoms. The lowest BCUT2D eigenvalue weighted by atomic mass is 9.91. The second-order valence-electron chi connectivity index (χ2n) is 11.0. The molecule has 212 valence electrons. The minimum atomic E-state index is -0.531. The maximum absolute atomic E-state index is 13.9. The second-order valence-corrected chi connectivity index (χ2v) is 12.0. The Balaban J connectivity index is 1.24. The number of carbonyl (C=O) groups excluding carboxylic acids is 1. The lowest BCUT2D eigenvalue weighted by Crippen LogP contribution is -2.51. The number of rotatable bonds is 9. The number of ether oxygens (including phenoxy) is 1. The summed E-state index contributed by atoms with van der Waals surface area (Å²) in [6, 6.07) is 8.06. The normalized spacial score (nSPS) is 23.5. The molecule has 3 heterocycles. The molecule has 1 aliphatic carbocycles. The first kappa shape index (κ1) is 28.4. The average molecular weight is 603 g/mol. The lowest BCUT2D eigenvalue weighted by molar-refractivity contribution is -0.133. The number of carbonyl (C=O) groups is 1. The van der Waals surface area contributed by atoms with E-state index in [2.05, 4.69) is 43.0 Å². The highest BCUT2D eigenvalue weighted by Crippen LogP contribution is 2.42. The van der Waals surface area contributed by atoms with Crippen molar-refractivity contribution < 1.29 is 19.7 Å². The quantitative estimate of drug-likeness (QED) is 0.402. The largest absolute Gasteiger partial charge is 0.395 e. The molecule has 1 aromatic heterocycles. The highest BCUT2D eigenvalue weighted by atomic mass is 79.9. The number of aliphatic hydroxyl groups is 2. The average Bonchev–Trinajstić information content (AvgIpc) is 3.27. The fraction of sp³-hybridized carbons (Fsp3) is 0.621. The van der Waals surface area contributed by atoms with Crippen molar-refractivity contribution in [1.82, 2.24) is 20.2 Å². The van der Waals surface area contributed by atoms with E-state index >= 15 is 0 Å². The van der Waals surface area contributed by atoms with Gasteiger partial charge in [-0.05, 0) is 61.8 Å². The molecular formula is C29H40BrN5O4. The number of anilines is 1. The topological polar surface area (TPSA) is 111 Å². The van der Waals surface area contributed by atoms with Gasteiger partial charge in [0.25, 0.3) is 0 Å². The Morgan fingerprint density at radius 2 is 1.87 bits per heavy atom. The number of aromatic nitrogens is 2. The van der Waals surface area contributed by atoms with Crippen LogP contribution in [-0.2, 0) is 9.53 Å². The van der Waals surface area contributed by atoms with Gasteiger partial charge in [-0.2, -0.15) is 0 Å². The molecule has 0 saturated carbocycles. The summed E-state index contributed by atoms with van der Waals surface area (Å²) in [6.07, 6.45) is 4.25. The van der Waals surface area contributed by atoms with Crippen LogP contribution in [-0.4, -0.2) is 89.6 Å². The van der Waals surface area contributed by atoms with Crippen LogP contribution in [0.1, 0.15) is 67.4 Å². The van der Waals surface area contributed by atoms with Crippen LogP contribution in [0.5, 0.6) is 0 Å². The van der Waals surface area contributed by atoms with Crippen molar-refractivity contribution in [3.63, 3.8) is 0 Å². The van der Waals surface area contributed by atoms with Gasteiger partial charge in [-0.15, -0.1) is 0 Å². The third-order valence-electron chi connectivity index (χ3n) is 8.61. The van der Waals surface area contributed by atoms with Crippen molar-refractivity contribution in [2.24, 2.45) is 5.92 Å². The van der Waals surface area contributed by atoms with Crippen LogP contribution in [0.3, 0.4) is 0 Å². The summed E-state index contributed by atoms with van der Waals surface area (Å²) in [7, 11) is 0. The van der Waals surface area contributed by atoms with Gasteiger partial charge in [0.05, 0.1) is 24.3 Å². The van der Waals surface area contributed by atoms with Gasteiger partial charge >= 0.3 is 0 Å². The van der Waals surface area contributed by atoms with Crippen molar-refractivity contribution in [1.29, 1.82) is 0 Å². The highest BCUT2D eigenvalue weighted by Gasteiger charge is 2.35. The number of hydrogen-bond acceptors (Lipinski definition) is 8. The van der Waals surface area contributed by atoms with Gasteiger partial charge in [0.1, 0.15) is 12.1 Å². The molecule has 5 rings (SSSR count). The Labute approximate surface area is 239 Å². The monoisotopic (exact) mass is 601 g/mol. The zero-order chi connectivity index (χ0) is 27.4. The first-order valence-electron chi connectivity index (χ1n) is 14.2. The molecule has 0 spiro atoms. The third-order valence-corrected chi connectivity index (χ3v) is 9.14. The van der Waals surface area contributed by atoms with Crippen molar-refractivity contribution in [2.45, 2.75) is 56.6 Å². The molecule has 1 aromatic carbocycles. The van der Waals surface area contributed by atoms with Crippen LogP contribution in [0.2, 0.25) is 0 Å². The Hall–Kier alpha value is -2.11. The number of aliphatic hydroxyl groups excluding tert-OH is 2. The highest BCUT2D eigenvalue weighted by molar-refractivity contribution is 9.10. The second kappa shape index (κ2) is 13.0. The number of piperazine rings is 1. The minimum Gasteiger partial charge on any atom is -0.395 e. The predicted molar refractivity (Wildman–Crippen MR) is 153 cm³/mol. The molecule has 0 bridgehead atoms. The van der Waals surface area contributed by atoms with Crippen LogP contribution >= 0.6 is 15.9 Å². The van der Waals surface area contributed by atoms with E-state index in [1.165, 1.54) is 0 Å². The van der Waals surface area contributed by atoms with E-state index in [0.717, 1.165) is 53.2 Å². The van der Waals surface area contributed by atoms with Gasteiger partial charge in [-0.25, -0.2) is 9.97 Å². The van der Waals surface area contributed by atoms with Crippen molar-refractivity contribution in [3.05, 3.63) is 51.9 Å². The molecule has 9 nitrogen and oxygen atoms in total. The Bertz CT molecular complexity index is 1110. The number of halogens is 1. The molecular weight excluding hydrogens is 562 g/mol. The summed E-state index contributed by atoms with van der Waals surface area (Å²) in [5.41, 5.74) is 2.80. The number of nitrogens with one attached hydrogen (secondary N) is 1. The molecule has 0 radical (unpaired) electrons. The Morgan fingerprint density at radius 1 is 1.15 bits per heavy atom. The van der Waals surface area contributed by atoms with Crippen LogP contribution in [0.25, 0.3) is 0 Å². The summed E-state index contributed by atoms with van der Waals surface area (Å²) < 4.78 is 6.47. The van der Waals surface area contributed by atoms with E-state index in [9.17, 15) is 15.0 Å². The smallest absolute Gasteiger partial charge is 0.230 e. The van der Waals surface area contributed by atoms with Gasteiger partial charge in [0.2, 0.25) is 5.91 Å². The van der Waals surface area contributed by atoms with E-state index in [1.807, 2.05) is 29.2 Å². The maximum atomic E-state index is 13.9. The summed E-state index contributed by atoms with van der Waals surface area (Å²) in [5, 5.41) is 23.9. The van der Waals surface area contributed by atoms with Crippen LogP contribution < -0.4 is 10.2 Å². The van der Waals surface area contributed by atoms with Gasteiger partial charge < -0.3 is 30.1 Å². The van der Waals surface area contributed by atoms with Crippen molar-refractivity contribution in [3.8, 4) is 0 Å². The first-order valence-corrected chi connectivity index (χ1v) is 15.0. The Morgan fingerprint density at radius 3 is 2.56 bits per heavy atom. The fourth-order valence-electron chi connectivity index (χ4n) is 6.35. The molecule has 2 saturated heterocycles. The lowest BCUT2D eigenvalue weighted by Gasteiger charge is -2.38. The molecule has 3 aliphatic rings. The molecule has 4 atom stereocenters. The maximum Gasteiger partial charge on any atom is 0.230 e. The van der Waals surface area contributed by atoms with Crippen LogP contribution in [0.15, 0.2) is 35.1 Å². The number of nitrogens with zero attached hydrogens (tertiary/aromatic N) is 4. The van der Waals surface area contributed by atoms with E-state index < -0.39 is 6.10 Å². The van der Waals surface area contributed by atoms with E-state index in [0.29, 0.717) is 51.5 Å². The van der Waals surface area contributed by atoms with Crippen molar-refractivity contribution in [2.75, 3.05) is 57.4 Å². The van der Waals surface area contributed by atoms with Crippen LogP contribution in [0, 0.1) is 5.92 Å². The summed E-state index contributed by atoms with van der Waals surface area (Å²) in [6.45, 7) is 6.97. The zero-order valence-electron chi connectivity index (χ0n) is 22.6. The third kappa shape index (κ3) is 6.46. The van der Waals surface area contributed by atoms with Gasteiger partial charge in [0, 0.05) is 55.5 Å². The van der Waals surface area contributed by atoms with Gasteiger partial charge in [-0.3, -0.25) is 4.79 Å². The number of hydrogen-bond donors (Lipinski definition) is 3. The standard InChI is InChI=1S/C29H40BrN5O4/c1-19-16-25(37)27-26(19)28(33-18-32-27)34-10-12-35(13-11-34)29(38)23(20-2-4-22(30)5-3-20)6-9-31-24(17-36)21-7-14-39-15-8-21/h2-5,18-19,21,23-25,31,36-37H,6-17H2,1H3/t19-,23?,24?,25-/m1/s1. The molecule has 39 heavy (non-hydrogen) atoms. The van der Waals surface area contributed by atoms with Gasteiger partial charge in [0.15, 0.2) is 0 Å². The molecule has 3 N–H and O–H groups in total. The zero-order valence-corrected chi connectivity index (χ0v) is 24.2. The number of fused-ring (bicyclic) bond motifs is 1. The van der Waals surface area contributed by atoms with Crippen LogP contribution in [0.4, 0.5) is 5.82 Å². The number of benzene rings is 1. The van der Waals surface area contributed by atoms with E-state index in [1.54, 1.807) is 6.33 Å². The first-order chi connectivity index (χ1) is 19.0. The number of amides is 1. The molecule has 2 aliphatic heterocycles. The van der Waals surface area contributed by atoms with Crippen molar-refractivity contribution >= 4 is 27.7 Å². The summed E-state index contributed by atoms with van der Waals surface area (Å²) in [4.78, 5) is 27.0. The molecule has 2 unspecified atom stereocenters. The molecule has 1 amide bonds. The fourth-order valence-corrected chi connectivity index (χ4v) is 6.62. The van der Waals surface area contributed by atoms with Gasteiger partial charge in [-0.1, -0.05) is 35.0 Å². The molecule has 2 aromatic rings. The summed E-state index contributed by atoms with van der Waals surface area (Å²) >= 11 is 3.51. The van der Waals surface area contributed by atoms with E-state index in [-0.39, 0.29) is 30.4 Å². The summed E-state index contributed by atoms with van der Waals surface area (Å²) in [5.74, 6) is 1.38. The minimum absolute atomic E-state index is 0.0219. The van der Waals surface area contributed by atoms with E-state index in [4.69, 9.17) is 4.74 Å². The predicted octanol–water partition coefficient (Wildman–Crippen LogP) is 2.98. The Kier molecular flexibility index (Phi) is 9.50. The molecule has 2 fully saturated rings. The SMILES string of the molecule is C[C@@H]1C[C@@H](O)c2ncnc(N3CCN(C(=O)C(CCNC(CO)C4CCOCC4)c4ccc(Br)cc4)CC3)c21.